The first-order valence-corrected chi connectivity index (χ1v) is 6.51. The third-order valence-electron chi connectivity index (χ3n) is 3.60. The van der Waals surface area contributed by atoms with Crippen LogP contribution in [0.1, 0.15) is 17.2 Å². The minimum Gasteiger partial charge on any atom is -0.493 e. The van der Waals surface area contributed by atoms with Crippen LogP contribution >= 0.6 is 0 Å². The fourth-order valence-electron chi connectivity index (χ4n) is 2.67. The summed E-state index contributed by atoms with van der Waals surface area (Å²) in [5.74, 6) is 1.02. The molecule has 0 saturated carbocycles. The third-order valence-corrected chi connectivity index (χ3v) is 3.60. The van der Waals surface area contributed by atoms with Crippen LogP contribution in [0.4, 0.5) is 0 Å². The van der Waals surface area contributed by atoms with Crippen LogP contribution in [0.25, 0.3) is 0 Å². The number of ether oxygens (including phenoxy) is 3. The second-order valence-electron chi connectivity index (χ2n) is 4.72. The first-order chi connectivity index (χ1) is 8.88. The molecule has 1 aromatic carbocycles. The molecule has 98 valence electrons. The number of benzene rings is 1. The van der Waals surface area contributed by atoms with Crippen LogP contribution in [0.5, 0.6) is 5.75 Å². The summed E-state index contributed by atoms with van der Waals surface area (Å²) in [6.07, 6.45) is 1.09. The highest BCUT2D eigenvalue weighted by molar-refractivity contribution is 5.41. The van der Waals surface area contributed by atoms with Crippen molar-refractivity contribution < 1.29 is 14.2 Å². The van der Waals surface area contributed by atoms with Gasteiger partial charge < -0.3 is 19.5 Å². The maximum Gasteiger partial charge on any atom is 0.122 e. The average molecular weight is 249 g/mol. The largest absolute Gasteiger partial charge is 0.493 e. The number of fused-ring (bicyclic) bond motifs is 1. The van der Waals surface area contributed by atoms with Gasteiger partial charge in [-0.05, 0) is 24.2 Å². The van der Waals surface area contributed by atoms with Crippen molar-refractivity contribution in [1.29, 1.82) is 0 Å². The summed E-state index contributed by atoms with van der Waals surface area (Å²) >= 11 is 0. The average Bonchev–Trinajstić information content (AvgIpc) is 2.88. The van der Waals surface area contributed by atoms with Crippen molar-refractivity contribution in [2.75, 3.05) is 33.5 Å². The normalized spacial score (nSPS) is 24.4. The van der Waals surface area contributed by atoms with Gasteiger partial charge in [0.05, 0.1) is 32.5 Å². The van der Waals surface area contributed by atoms with Crippen LogP contribution in [0.15, 0.2) is 18.2 Å². The highest BCUT2D eigenvalue weighted by Gasteiger charge is 2.26. The fraction of sp³-hybridized carbons (Fsp3) is 0.571. The van der Waals surface area contributed by atoms with Crippen molar-refractivity contribution in [3.63, 3.8) is 0 Å². The smallest absolute Gasteiger partial charge is 0.122 e. The lowest BCUT2D eigenvalue weighted by Crippen LogP contribution is -2.39. The summed E-state index contributed by atoms with van der Waals surface area (Å²) in [5, 5.41) is 3.33. The maximum absolute atomic E-state index is 5.79. The molecule has 0 aromatic heterocycles. The zero-order valence-corrected chi connectivity index (χ0v) is 10.6. The van der Waals surface area contributed by atoms with Gasteiger partial charge in [0, 0.05) is 6.42 Å². The second kappa shape index (κ2) is 5.26. The molecule has 0 spiro atoms. The molecule has 1 aromatic rings. The zero-order chi connectivity index (χ0) is 12.4. The molecule has 4 heteroatoms. The van der Waals surface area contributed by atoms with E-state index in [2.05, 4.69) is 23.5 Å². The van der Waals surface area contributed by atoms with Crippen molar-refractivity contribution in [3.05, 3.63) is 29.3 Å². The number of rotatable bonds is 3. The molecule has 3 rings (SSSR count). The van der Waals surface area contributed by atoms with Crippen LogP contribution < -0.4 is 10.1 Å². The first kappa shape index (κ1) is 12.0. The highest BCUT2D eigenvalue weighted by Crippen LogP contribution is 2.30. The molecule has 2 aliphatic heterocycles. The molecule has 2 atom stereocenters. The molecule has 2 heterocycles. The van der Waals surface area contributed by atoms with Crippen LogP contribution in [-0.4, -0.2) is 39.6 Å². The van der Waals surface area contributed by atoms with Crippen molar-refractivity contribution >= 4 is 0 Å². The highest BCUT2D eigenvalue weighted by atomic mass is 16.6. The lowest BCUT2D eigenvalue weighted by Gasteiger charge is -2.30. The Morgan fingerprint density at radius 2 is 2.22 bits per heavy atom. The van der Waals surface area contributed by atoms with Crippen LogP contribution in [-0.2, 0) is 15.9 Å². The summed E-state index contributed by atoms with van der Waals surface area (Å²) in [4.78, 5) is 0. The molecule has 2 unspecified atom stereocenters. The molecule has 4 nitrogen and oxygen atoms in total. The van der Waals surface area contributed by atoms with E-state index >= 15 is 0 Å². The van der Waals surface area contributed by atoms with Crippen LogP contribution in [0.2, 0.25) is 0 Å². The Bertz CT molecular complexity index is 416. The monoisotopic (exact) mass is 249 g/mol. The SMILES string of the molecule is CNC(c1ccc2c(c1)CCO2)C1COCCO1. The van der Waals surface area contributed by atoms with Gasteiger partial charge in [-0.2, -0.15) is 0 Å². The van der Waals surface area contributed by atoms with Crippen molar-refractivity contribution in [1.82, 2.24) is 5.32 Å². The van der Waals surface area contributed by atoms with Gasteiger partial charge >= 0.3 is 0 Å². The third kappa shape index (κ3) is 2.23. The number of hydrogen-bond donors (Lipinski definition) is 1. The van der Waals surface area contributed by atoms with Gasteiger partial charge in [0.1, 0.15) is 11.9 Å². The summed E-state index contributed by atoms with van der Waals surface area (Å²) in [7, 11) is 1.96. The van der Waals surface area contributed by atoms with E-state index < -0.39 is 0 Å². The Hall–Kier alpha value is -1.10. The molecule has 0 bridgehead atoms. The first-order valence-electron chi connectivity index (χ1n) is 6.51. The van der Waals surface area contributed by atoms with Gasteiger partial charge in [-0.15, -0.1) is 0 Å². The van der Waals surface area contributed by atoms with E-state index in [0.717, 1.165) is 18.8 Å². The minimum atomic E-state index is 0.0871. The van der Waals surface area contributed by atoms with Crippen LogP contribution in [0.3, 0.4) is 0 Å². The molecule has 0 amide bonds. The molecule has 0 radical (unpaired) electrons. The summed E-state index contributed by atoms with van der Waals surface area (Å²) < 4.78 is 16.8. The van der Waals surface area contributed by atoms with Gasteiger partial charge in [-0.25, -0.2) is 0 Å². The van der Waals surface area contributed by atoms with Gasteiger partial charge in [0.15, 0.2) is 0 Å². The molecule has 18 heavy (non-hydrogen) atoms. The fourth-order valence-corrected chi connectivity index (χ4v) is 2.67. The Morgan fingerprint density at radius 3 is 3.00 bits per heavy atom. The Kier molecular flexibility index (Phi) is 3.50. The van der Waals surface area contributed by atoms with E-state index in [-0.39, 0.29) is 12.1 Å². The Labute approximate surface area is 107 Å². The molecule has 2 aliphatic rings. The van der Waals surface area contributed by atoms with Gasteiger partial charge in [0.25, 0.3) is 0 Å². The van der Waals surface area contributed by atoms with Gasteiger partial charge in [-0.1, -0.05) is 12.1 Å². The van der Waals surface area contributed by atoms with E-state index in [1.807, 2.05) is 7.05 Å². The predicted molar refractivity (Wildman–Crippen MR) is 68.0 cm³/mol. The molecular weight excluding hydrogens is 230 g/mol. The molecule has 1 N–H and O–H groups in total. The van der Waals surface area contributed by atoms with E-state index in [0.29, 0.717) is 19.8 Å². The molecular formula is C14H19NO3. The topological polar surface area (TPSA) is 39.7 Å². The lowest BCUT2D eigenvalue weighted by atomic mass is 9.98. The summed E-state index contributed by atoms with van der Waals surface area (Å²) in [5.41, 5.74) is 2.54. The minimum absolute atomic E-state index is 0.0871. The Balaban J connectivity index is 1.82. The van der Waals surface area contributed by atoms with Gasteiger partial charge in [0.2, 0.25) is 0 Å². The maximum atomic E-state index is 5.79. The van der Waals surface area contributed by atoms with Crippen molar-refractivity contribution in [3.8, 4) is 5.75 Å². The van der Waals surface area contributed by atoms with E-state index in [1.54, 1.807) is 0 Å². The number of hydrogen-bond acceptors (Lipinski definition) is 4. The van der Waals surface area contributed by atoms with Gasteiger partial charge in [-0.3, -0.25) is 0 Å². The number of nitrogens with one attached hydrogen (secondary N) is 1. The zero-order valence-electron chi connectivity index (χ0n) is 10.6. The molecule has 1 saturated heterocycles. The number of likely N-dealkylation sites (N-methyl/N-ethyl adjacent to an activating group) is 1. The predicted octanol–water partition coefficient (Wildman–Crippen LogP) is 1.30. The Morgan fingerprint density at radius 1 is 1.28 bits per heavy atom. The van der Waals surface area contributed by atoms with Crippen molar-refractivity contribution in [2.45, 2.75) is 18.6 Å². The standard InChI is InChI=1S/C14H19NO3/c1-15-14(13-9-16-6-7-18-13)11-2-3-12-10(8-11)4-5-17-12/h2-3,8,13-15H,4-7,9H2,1H3. The summed E-state index contributed by atoms with van der Waals surface area (Å²) in [6.45, 7) is 2.83. The molecule has 1 fully saturated rings. The van der Waals surface area contributed by atoms with E-state index in [9.17, 15) is 0 Å². The quantitative estimate of drug-likeness (QED) is 0.876. The van der Waals surface area contributed by atoms with E-state index in [4.69, 9.17) is 14.2 Å². The summed E-state index contributed by atoms with van der Waals surface area (Å²) in [6, 6.07) is 6.58. The van der Waals surface area contributed by atoms with E-state index in [1.165, 1.54) is 11.1 Å². The second-order valence-corrected chi connectivity index (χ2v) is 4.72. The molecule has 0 aliphatic carbocycles. The van der Waals surface area contributed by atoms with Crippen LogP contribution in [0, 0.1) is 0 Å². The van der Waals surface area contributed by atoms with Crippen molar-refractivity contribution in [2.24, 2.45) is 0 Å². The lowest BCUT2D eigenvalue weighted by molar-refractivity contribution is -0.101.